The molecule has 1 N–H and O–H groups in total. The second-order valence-electron chi connectivity index (χ2n) is 4.10. The zero-order chi connectivity index (χ0) is 14.5. The average Bonchev–Trinajstić information content (AvgIpc) is 2.45. The maximum absolute atomic E-state index is 13.4. The van der Waals surface area contributed by atoms with E-state index in [1.165, 1.54) is 18.2 Å². The lowest BCUT2D eigenvalue weighted by molar-refractivity contribution is 0.0951. The van der Waals surface area contributed by atoms with E-state index in [9.17, 15) is 9.18 Å². The lowest BCUT2D eigenvalue weighted by Crippen LogP contribution is -2.20. The van der Waals surface area contributed by atoms with Gasteiger partial charge in [-0.3, -0.25) is 4.79 Å². The molecule has 5 heteroatoms. The van der Waals surface area contributed by atoms with E-state index < -0.39 is 11.7 Å². The van der Waals surface area contributed by atoms with Crippen LogP contribution in [0.15, 0.2) is 58.1 Å². The number of benzene rings is 2. The van der Waals surface area contributed by atoms with Gasteiger partial charge in [0.1, 0.15) is 5.82 Å². The first-order chi connectivity index (χ1) is 9.59. The molecule has 20 heavy (non-hydrogen) atoms. The molecule has 0 aliphatic heterocycles. The van der Waals surface area contributed by atoms with Crippen LogP contribution in [0.2, 0.25) is 0 Å². The number of carbonyl (C=O) groups excluding carboxylic acids is 1. The molecule has 3 nitrogen and oxygen atoms in total. The minimum atomic E-state index is -0.575. The van der Waals surface area contributed by atoms with Crippen LogP contribution in [-0.4, -0.2) is 11.6 Å². The number of hydrogen-bond acceptors (Lipinski definition) is 2. The molecular formula is C15H12BrFN2O. The Morgan fingerprint density at radius 3 is 2.35 bits per heavy atom. The highest BCUT2D eigenvalue weighted by Gasteiger charge is 2.10. The highest BCUT2D eigenvalue weighted by atomic mass is 79.9. The topological polar surface area (TPSA) is 41.5 Å². The highest BCUT2D eigenvalue weighted by Crippen LogP contribution is 2.16. The van der Waals surface area contributed by atoms with E-state index in [0.29, 0.717) is 5.71 Å². The number of rotatable bonds is 3. The Hall–Kier alpha value is -2.01. The first kappa shape index (κ1) is 14.4. The van der Waals surface area contributed by atoms with Crippen molar-refractivity contribution in [3.63, 3.8) is 0 Å². The summed E-state index contributed by atoms with van der Waals surface area (Å²) in [6.07, 6.45) is 0. The molecule has 0 saturated carbocycles. The van der Waals surface area contributed by atoms with E-state index in [1.807, 2.05) is 24.3 Å². The van der Waals surface area contributed by atoms with E-state index in [1.54, 1.807) is 13.0 Å². The van der Waals surface area contributed by atoms with Crippen LogP contribution in [0.5, 0.6) is 0 Å². The summed E-state index contributed by atoms with van der Waals surface area (Å²) in [5.41, 5.74) is 3.81. The van der Waals surface area contributed by atoms with E-state index >= 15 is 0 Å². The van der Waals surface area contributed by atoms with Crippen LogP contribution in [0, 0.1) is 5.82 Å². The molecule has 1 amide bonds. The normalized spacial score (nSPS) is 11.2. The van der Waals surface area contributed by atoms with Gasteiger partial charge in [-0.05, 0) is 25.1 Å². The van der Waals surface area contributed by atoms with E-state index in [-0.39, 0.29) is 5.56 Å². The fourth-order valence-electron chi connectivity index (χ4n) is 1.66. The highest BCUT2D eigenvalue weighted by molar-refractivity contribution is 9.10. The van der Waals surface area contributed by atoms with Gasteiger partial charge in [0, 0.05) is 10.0 Å². The molecule has 0 bridgehead atoms. The Morgan fingerprint density at radius 2 is 1.70 bits per heavy atom. The van der Waals surface area contributed by atoms with Crippen molar-refractivity contribution in [2.45, 2.75) is 6.92 Å². The SMILES string of the molecule is C/C(=N/NC(=O)c1ccccc1F)c1ccccc1Br. The molecule has 0 unspecified atom stereocenters. The van der Waals surface area contributed by atoms with Crippen molar-refractivity contribution < 1.29 is 9.18 Å². The second kappa shape index (κ2) is 6.43. The van der Waals surface area contributed by atoms with Crippen LogP contribution in [0.4, 0.5) is 4.39 Å². The third kappa shape index (κ3) is 3.30. The minimum absolute atomic E-state index is 0.0313. The summed E-state index contributed by atoms with van der Waals surface area (Å²) >= 11 is 3.41. The number of carbonyl (C=O) groups is 1. The predicted molar refractivity (Wildman–Crippen MR) is 80.2 cm³/mol. The number of hydrazone groups is 1. The fraction of sp³-hybridized carbons (Fsp3) is 0.0667. The standard InChI is InChI=1S/C15H12BrFN2O/c1-10(11-6-2-4-8-13(11)16)18-19-15(20)12-7-3-5-9-14(12)17/h2-9H,1H3,(H,19,20)/b18-10-. The zero-order valence-corrected chi connectivity index (χ0v) is 12.3. The Labute approximate surface area is 124 Å². The molecule has 0 aliphatic carbocycles. The Bertz CT molecular complexity index is 670. The van der Waals surface area contributed by atoms with Crippen molar-refractivity contribution in [3.05, 3.63) is 69.9 Å². The fourth-order valence-corrected chi connectivity index (χ4v) is 2.23. The molecule has 0 aliphatic rings. The van der Waals surface area contributed by atoms with Gasteiger partial charge in [-0.1, -0.05) is 46.3 Å². The second-order valence-corrected chi connectivity index (χ2v) is 4.95. The van der Waals surface area contributed by atoms with Crippen LogP contribution in [0.1, 0.15) is 22.8 Å². The molecular weight excluding hydrogens is 323 g/mol. The molecule has 2 rings (SSSR count). The predicted octanol–water partition coefficient (Wildman–Crippen LogP) is 3.74. The number of amides is 1. The lowest BCUT2D eigenvalue weighted by Gasteiger charge is -2.05. The summed E-state index contributed by atoms with van der Waals surface area (Å²) in [6, 6.07) is 13.3. The molecule has 0 saturated heterocycles. The van der Waals surface area contributed by atoms with Crippen LogP contribution < -0.4 is 5.43 Å². The third-order valence-corrected chi connectivity index (χ3v) is 3.40. The summed E-state index contributed by atoms with van der Waals surface area (Å²) in [6.45, 7) is 1.77. The van der Waals surface area contributed by atoms with Gasteiger partial charge in [-0.2, -0.15) is 5.10 Å². The van der Waals surface area contributed by atoms with Crippen molar-refractivity contribution in [1.29, 1.82) is 0 Å². The van der Waals surface area contributed by atoms with Gasteiger partial charge in [0.2, 0.25) is 0 Å². The van der Waals surface area contributed by atoms with Crippen molar-refractivity contribution in [2.75, 3.05) is 0 Å². The van der Waals surface area contributed by atoms with Gasteiger partial charge < -0.3 is 0 Å². The number of nitrogens with one attached hydrogen (secondary N) is 1. The molecule has 0 aromatic heterocycles. The molecule has 2 aromatic carbocycles. The van der Waals surface area contributed by atoms with Crippen molar-refractivity contribution in [1.82, 2.24) is 5.43 Å². The smallest absolute Gasteiger partial charge is 0.267 e. The van der Waals surface area contributed by atoms with Gasteiger partial charge >= 0.3 is 0 Å². The van der Waals surface area contributed by atoms with Crippen molar-refractivity contribution in [3.8, 4) is 0 Å². The molecule has 0 fully saturated rings. The number of halogens is 2. The maximum Gasteiger partial charge on any atom is 0.274 e. The lowest BCUT2D eigenvalue weighted by atomic mass is 10.1. The minimum Gasteiger partial charge on any atom is -0.267 e. The summed E-state index contributed by atoms with van der Waals surface area (Å²) in [5, 5.41) is 3.99. The number of nitrogens with zero attached hydrogens (tertiary/aromatic N) is 1. The molecule has 0 heterocycles. The summed E-state index contributed by atoms with van der Waals surface area (Å²) in [7, 11) is 0. The van der Waals surface area contributed by atoms with Gasteiger partial charge in [-0.15, -0.1) is 0 Å². The first-order valence-electron chi connectivity index (χ1n) is 5.93. The quantitative estimate of drug-likeness (QED) is 0.674. The Balaban J connectivity index is 2.16. The third-order valence-electron chi connectivity index (χ3n) is 2.71. The van der Waals surface area contributed by atoms with Crippen LogP contribution in [-0.2, 0) is 0 Å². The van der Waals surface area contributed by atoms with Gasteiger partial charge in [-0.25, -0.2) is 9.82 Å². The Kier molecular flexibility index (Phi) is 4.63. The average molecular weight is 335 g/mol. The van der Waals surface area contributed by atoms with Gasteiger partial charge in [0.15, 0.2) is 0 Å². The molecule has 0 atom stereocenters. The van der Waals surface area contributed by atoms with Crippen LogP contribution >= 0.6 is 15.9 Å². The zero-order valence-electron chi connectivity index (χ0n) is 10.7. The summed E-state index contributed by atoms with van der Waals surface area (Å²) in [4.78, 5) is 11.8. The number of hydrogen-bond donors (Lipinski definition) is 1. The van der Waals surface area contributed by atoms with Crippen molar-refractivity contribution in [2.24, 2.45) is 5.10 Å². The van der Waals surface area contributed by atoms with Crippen LogP contribution in [0.25, 0.3) is 0 Å². The summed E-state index contributed by atoms with van der Waals surface area (Å²) in [5.74, 6) is -1.15. The molecule has 0 radical (unpaired) electrons. The first-order valence-corrected chi connectivity index (χ1v) is 6.73. The van der Waals surface area contributed by atoms with Gasteiger partial charge in [0.05, 0.1) is 11.3 Å². The maximum atomic E-state index is 13.4. The van der Waals surface area contributed by atoms with Crippen LogP contribution in [0.3, 0.4) is 0 Å². The van der Waals surface area contributed by atoms with E-state index in [2.05, 4.69) is 26.5 Å². The monoisotopic (exact) mass is 334 g/mol. The largest absolute Gasteiger partial charge is 0.274 e. The molecule has 102 valence electrons. The van der Waals surface area contributed by atoms with E-state index in [0.717, 1.165) is 10.0 Å². The molecule has 2 aromatic rings. The van der Waals surface area contributed by atoms with E-state index in [4.69, 9.17) is 0 Å². The van der Waals surface area contributed by atoms with Crippen molar-refractivity contribution >= 4 is 27.5 Å². The summed E-state index contributed by atoms with van der Waals surface area (Å²) < 4.78 is 14.3. The van der Waals surface area contributed by atoms with Gasteiger partial charge in [0.25, 0.3) is 5.91 Å². The molecule has 0 spiro atoms. The Morgan fingerprint density at radius 1 is 1.10 bits per heavy atom.